The van der Waals surface area contributed by atoms with Crippen LogP contribution in [0.15, 0.2) is 29.2 Å². The quantitative estimate of drug-likeness (QED) is 0.847. The monoisotopic (exact) mass is 321 g/mol. The number of amides is 1. The fourth-order valence-electron chi connectivity index (χ4n) is 1.39. The first-order valence-electron chi connectivity index (χ1n) is 5.91. The minimum absolute atomic E-state index is 0.130. The van der Waals surface area contributed by atoms with E-state index in [2.05, 4.69) is 0 Å². The maximum Gasteiger partial charge on any atom is 0.416 e. The molecule has 1 aromatic rings. The van der Waals surface area contributed by atoms with Gasteiger partial charge >= 0.3 is 12.1 Å². The Morgan fingerprint density at radius 1 is 1.38 bits per heavy atom. The van der Waals surface area contributed by atoms with Gasteiger partial charge in [0.1, 0.15) is 6.04 Å². The third kappa shape index (κ3) is 4.96. The summed E-state index contributed by atoms with van der Waals surface area (Å²) >= 11 is 0.932. The highest BCUT2D eigenvalue weighted by molar-refractivity contribution is 8.00. The number of thioether (sulfide) groups is 1. The molecule has 1 unspecified atom stereocenters. The van der Waals surface area contributed by atoms with Gasteiger partial charge in [0.05, 0.1) is 11.3 Å². The lowest BCUT2D eigenvalue weighted by atomic mass is 10.2. The molecule has 1 amide bonds. The Balaban J connectivity index is 2.67. The van der Waals surface area contributed by atoms with Crippen LogP contribution in [0, 0.1) is 0 Å². The molecule has 0 saturated heterocycles. The number of alkyl halides is 3. The fraction of sp³-hybridized carbons (Fsp3) is 0.385. The highest BCUT2D eigenvalue weighted by Gasteiger charge is 2.30. The zero-order valence-electron chi connectivity index (χ0n) is 11.3. The summed E-state index contributed by atoms with van der Waals surface area (Å²) in [6, 6.07) is 3.65. The summed E-state index contributed by atoms with van der Waals surface area (Å²) in [6.07, 6.45) is -4.44. The van der Waals surface area contributed by atoms with E-state index < -0.39 is 29.7 Å². The molecule has 0 aromatic heterocycles. The number of aliphatic carboxylic acids is 1. The Morgan fingerprint density at radius 2 is 2.00 bits per heavy atom. The molecule has 116 valence electrons. The number of carbonyl (C=O) groups is 2. The van der Waals surface area contributed by atoms with Crippen molar-refractivity contribution in [2.75, 3.05) is 12.8 Å². The van der Waals surface area contributed by atoms with Gasteiger partial charge in [-0.2, -0.15) is 13.2 Å². The van der Waals surface area contributed by atoms with Crippen LogP contribution in [0.5, 0.6) is 0 Å². The molecule has 0 saturated carbocycles. The van der Waals surface area contributed by atoms with Crippen LogP contribution in [0.3, 0.4) is 0 Å². The number of likely N-dealkylation sites (N-methyl/N-ethyl adjacent to an activating group) is 1. The Hall–Kier alpha value is -1.70. The van der Waals surface area contributed by atoms with Crippen LogP contribution in [0.25, 0.3) is 0 Å². The Morgan fingerprint density at radius 3 is 2.52 bits per heavy atom. The predicted octanol–water partition coefficient (Wildman–Crippen LogP) is 2.73. The molecule has 0 bridgehead atoms. The Bertz CT molecular complexity index is 534. The van der Waals surface area contributed by atoms with E-state index in [0.717, 1.165) is 28.8 Å². The molecule has 0 aliphatic heterocycles. The number of hydrogen-bond acceptors (Lipinski definition) is 3. The van der Waals surface area contributed by atoms with Crippen molar-refractivity contribution in [3.05, 3.63) is 29.8 Å². The van der Waals surface area contributed by atoms with Crippen molar-refractivity contribution in [2.45, 2.75) is 24.0 Å². The molecule has 0 spiro atoms. The lowest BCUT2D eigenvalue weighted by Gasteiger charge is -2.21. The van der Waals surface area contributed by atoms with Gasteiger partial charge in [-0.05, 0) is 25.1 Å². The third-order valence-electron chi connectivity index (χ3n) is 2.86. The second kappa shape index (κ2) is 6.84. The number of hydrogen-bond donors (Lipinski definition) is 1. The van der Waals surface area contributed by atoms with Gasteiger partial charge in [0, 0.05) is 11.9 Å². The first-order valence-corrected chi connectivity index (χ1v) is 6.90. The van der Waals surface area contributed by atoms with Gasteiger partial charge in [0.2, 0.25) is 5.91 Å². The molecular formula is C13H14F3NO3S. The van der Waals surface area contributed by atoms with Gasteiger partial charge in [-0.3, -0.25) is 4.79 Å². The van der Waals surface area contributed by atoms with Crippen LogP contribution in [0.4, 0.5) is 13.2 Å². The van der Waals surface area contributed by atoms with Crippen molar-refractivity contribution < 1.29 is 27.9 Å². The predicted molar refractivity (Wildman–Crippen MR) is 72.0 cm³/mol. The van der Waals surface area contributed by atoms with Crippen LogP contribution >= 0.6 is 11.8 Å². The number of nitrogens with zero attached hydrogens (tertiary/aromatic N) is 1. The van der Waals surface area contributed by atoms with Crippen molar-refractivity contribution >= 4 is 23.6 Å². The largest absolute Gasteiger partial charge is 0.480 e. The van der Waals surface area contributed by atoms with Crippen LogP contribution in [-0.2, 0) is 15.8 Å². The van der Waals surface area contributed by atoms with E-state index in [1.165, 1.54) is 26.1 Å². The van der Waals surface area contributed by atoms with Gasteiger partial charge in [-0.15, -0.1) is 11.8 Å². The average molecular weight is 321 g/mol. The van der Waals surface area contributed by atoms with E-state index in [-0.39, 0.29) is 5.75 Å². The molecule has 0 heterocycles. The summed E-state index contributed by atoms with van der Waals surface area (Å²) in [6.45, 7) is 1.36. The smallest absolute Gasteiger partial charge is 0.416 e. The molecule has 0 fully saturated rings. The molecule has 0 aliphatic rings. The van der Waals surface area contributed by atoms with Crippen molar-refractivity contribution in [2.24, 2.45) is 0 Å². The minimum atomic E-state index is -4.44. The van der Waals surface area contributed by atoms with Gasteiger partial charge in [0.15, 0.2) is 0 Å². The van der Waals surface area contributed by atoms with E-state index in [1.807, 2.05) is 0 Å². The molecule has 8 heteroatoms. The first-order chi connectivity index (χ1) is 9.62. The zero-order chi connectivity index (χ0) is 16.2. The second-order valence-corrected chi connectivity index (χ2v) is 5.38. The standard InChI is InChI=1S/C13H14F3NO3S/c1-8(12(19)20)17(2)11(18)7-21-10-5-3-4-9(6-10)13(14,15)16/h3-6,8H,7H2,1-2H3,(H,19,20). The molecule has 4 nitrogen and oxygen atoms in total. The zero-order valence-corrected chi connectivity index (χ0v) is 12.2. The normalized spacial score (nSPS) is 12.8. The van der Waals surface area contributed by atoms with Crippen LogP contribution in [-0.4, -0.2) is 40.7 Å². The van der Waals surface area contributed by atoms with E-state index in [4.69, 9.17) is 5.11 Å². The SMILES string of the molecule is CC(C(=O)O)N(C)C(=O)CSc1cccc(C(F)(F)F)c1. The highest BCUT2D eigenvalue weighted by Crippen LogP contribution is 2.31. The Kier molecular flexibility index (Phi) is 5.65. The summed E-state index contributed by atoms with van der Waals surface area (Å²) in [7, 11) is 1.34. The Labute approximate surface area is 123 Å². The molecule has 1 atom stereocenters. The molecule has 0 radical (unpaired) electrons. The molecule has 1 aromatic carbocycles. The van der Waals surface area contributed by atoms with E-state index in [0.29, 0.717) is 4.90 Å². The maximum atomic E-state index is 12.5. The lowest BCUT2D eigenvalue weighted by Crippen LogP contribution is -2.41. The van der Waals surface area contributed by atoms with E-state index >= 15 is 0 Å². The summed E-state index contributed by atoms with van der Waals surface area (Å²) in [5.41, 5.74) is -0.785. The molecular weight excluding hydrogens is 307 g/mol. The maximum absolute atomic E-state index is 12.5. The number of rotatable bonds is 5. The second-order valence-electron chi connectivity index (χ2n) is 4.33. The minimum Gasteiger partial charge on any atom is -0.480 e. The third-order valence-corrected chi connectivity index (χ3v) is 3.83. The number of carboxylic acid groups (broad SMARTS) is 1. The number of carboxylic acids is 1. The van der Waals surface area contributed by atoms with Gasteiger partial charge in [-0.25, -0.2) is 4.79 Å². The molecule has 21 heavy (non-hydrogen) atoms. The first kappa shape index (κ1) is 17.4. The van der Waals surface area contributed by atoms with Crippen LogP contribution in [0.2, 0.25) is 0 Å². The topological polar surface area (TPSA) is 57.6 Å². The van der Waals surface area contributed by atoms with Gasteiger partial charge in [-0.1, -0.05) is 6.07 Å². The van der Waals surface area contributed by atoms with Gasteiger partial charge < -0.3 is 10.0 Å². The van der Waals surface area contributed by atoms with Crippen molar-refractivity contribution in [1.29, 1.82) is 0 Å². The van der Waals surface area contributed by atoms with E-state index in [9.17, 15) is 22.8 Å². The summed E-state index contributed by atoms with van der Waals surface area (Å²) < 4.78 is 37.6. The van der Waals surface area contributed by atoms with Crippen molar-refractivity contribution in [3.8, 4) is 0 Å². The fourth-order valence-corrected chi connectivity index (χ4v) is 2.27. The summed E-state index contributed by atoms with van der Waals surface area (Å²) in [4.78, 5) is 23.9. The molecule has 0 aliphatic carbocycles. The van der Waals surface area contributed by atoms with Gasteiger partial charge in [0.25, 0.3) is 0 Å². The summed E-state index contributed by atoms with van der Waals surface area (Å²) in [5.74, 6) is -1.74. The van der Waals surface area contributed by atoms with Crippen LogP contribution in [0.1, 0.15) is 12.5 Å². The van der Waals surface area contributed by atoms with Crippen molar-refractivity contribution in [1.82, 2.24) is 4.90 Å². The number of carbonyl (C=O) groups excluding carboxylic acids is 1. The van der Waals surface area contributed by atoms with Crippen molar-refractivity contribution in [3.63, 3.8) is 0 Å². The average Bonchev–Trinajstić information content (AvgIpc) is 2.42. The molecule has 1 N–H and O–H groups in total. The lowest BCUT2D eigenvalue weighted by molar-refractivity contribution is -0.147. The number of benzene rings is 1. The highest BCUT2D eigenvalue weighted by atomic mass is 32.2. The number of halogens is 3. The summed E-state index contributed by atoms with van der Waals surface area (Å²) in [5, 5.41) is 8.79. The van der Waals surface area contributed by atoms with Crippen LogP contribution < -0.4 is 0 Å². The van der Waals surface area contributed by atoms with E-state index in [1.54, 1.807) is 0 Å². The molecule has 1 rings (SSSR count).